The number of ketones is 1. The van der Waals surface area contributed by atoms with Gasteiger partial charge in [0.05, 0.1) is 0 Å². The number of nitrogens with one attached hydrogen (secondary N) is 2. The Balaban J connectivity index is 1.54. The molecule has 0 aromatic rings. The van der Waals surface area contributed by atoms with Crippen LogP contribution in [-0.2, 0) is 19.4 Å². The zero-order valence-electron chi connectivity index (χ0n) is 20.4. The molecule has 3 aliphatic rings. The minimum atomic E-state index is -3.03. The van der Waals surface area contributed by atoms with Crippen molar-refractivity contribution in [3.8, 4) is 0 Å². The second kappa shape index (κ2) is 12.5. The number of amides is 1. The van der Waals surface area contributed by atoms with E-state index in [1.807, 2.05) is 24.1 Å². The normalized spacial score (nSPS) is 25.8. The number of hydrogen-bond acceptors (Lipinski definition) is 7. The molecule has 0 saturated carbocycles. The Kier molecular flexibility index (Phi) is 10.1. The van der Waals surface area contributed by atoms with Gasteiger partial charge in [-0.25, -0.2) is 0 Å². The molecular formula is C24H33ClIN4O4S2-. The molecule has 36 heavy (non-hydrogen) atoms. The van der Waals surface area contributed by atoms with E-state index >= 15 is 0 Å². The summed E-state index contributed by atoms with van der Waals surface area (Å²) in [5.41, 5.74) is 1.54. The van der Waals surface area contributed by atoms with Gasteiger partial charge in [0.25, 0.3) is 0 Å². The molecule has 1 aliphatic carbocycles. The number of carbonyl (C=O) groups excluding carboxylic acids is 2. The van der Waals surface area contributed by atoms with Crippen molar-refractivity contribution in [2.75, 3.05) is 30.3 Å². The number of sulfone groups is 1. The Hall–Kier alpha value is -1.31. The first-order chi connectivity index (χ1) is 16.9. The standard InChI is InChI=1S/C24H33ClIN4O4S2/c1-4-6-17(2)30-16-19(22(32)18-7-9-24(3,25)15-20(18)30)26-28-21(31)8-12-35-23(27)29-10-5-13-36(33,34)14-11-29/h4,7,16,20,27H,1-2,5-6,8-15H2,3H3,(H,28,31)/q-1. The molecule has 2 atom stereocenters. The number of rotatable bonds is 8. The zero-order valence-corrected chi connectivity index (χ0v) is 24.9. The van der Waals surface area contributed by atoms with Gasteiger partial charge >= 0.3 is 235 Å². The topological polar surface area (TPSA) is 111 Å². The number of thioether (sulfide) groups is 1. The molecular weight excluding hydrogens is 635 g/mol. The summed E-state index contributed by atoms with van der Waals surface area (Å²) in [6.45, 7) is 10.8. The van der Waals surface area contributed by atoms with Gasteiger partial charge in [0.1, 0.15) is 0 Å². The number of nitrogens with zero attached hydrogens (tertiary/aromatic N) is 2. The van der Waals surface area contributed by atoms with Crippen molar-refractivity contribution in [3.63, 3.8) is 0 Å². The molecule has 1 fully saturated rings. The summed E-state index contributed by atoms with van der Waals surface area (Å²) in [5.74, 6) is 0.425. The number of carbonyl (C=O) groups is 2. The summed E-state index contributed by atoms with van der Waals surface area (Å²) in [6, 6.07) is -0.166. The van der Waals surface area contributed by atoms with Crippen molar-refractivity contribution in [1.29, 1.82) is 5.41 Å². The first-order valence-electron chi connectivity index (χ1n) is 11.7. The van der Waals surface area contributed by atoms with E-state index in [1.54, 1.807) is 11.0 Å². The van der Waals surface area contributed by atoms with Crippen LogP contribution in [0.4, 0.5) is 0 Å². The summed E-state index contributed by atoms with van der Waals surface area (Å²) in [7, 11) is -3.03. The van der Waals surface area contributed by atoms with Crippen molar-refractivity contribution < 1.29 is 39.5 Å². The molecule has 0 radical (unpaired) electrons. The molecule has 12 heteroatoms. The van der Waals surface area contributed by atoms with E-state index in [9.17, 15) is 18.0 Å². The average molecular weight is 668 g/mol. The van der Waals surface area contributed by atoms with E-state index in [0.29, 0.717) is 53.7 Å². The molecule has 3 rings (SSSR count). The third kappa shape index (κ3) is 7.84. The summed E-state index contributed by atoms with van der Waals surface area (Å²) in [5, 5.41) is 8.52. The van der Waals surface area contributed by atoms with Crippen LogP contribution in [0.25, 0.3) is 0 Å². The van der Waals surface area contributed by atoms with Crippen molar-refractivity contribution >= 4 is 50.1 Å². The number of alkyl halides is 1. The van der Waals surface area contributed by atoms with Gasteiger partial charge in [-0.2, -0.15) is 0 Å². The van der Waals surface area contributed by atoms with Gasteiger partial charge in [-0.05, 0) is 0 Å². The maximum absolute atomic E-state index is 13.2. The fraction of sp³-hybridized carbons (Fsp3) is 0.542. The Morgan fingerprint density at radius 1 is 1.42 bits per heavy atom. The monoisotopic (exact) mass is 667 g/mol. The zero-order chi connectivity index (χ0) is 26.5. The molecule has 0 spiro atoms. The Morgan fingerprint density at radius 3 is 2.89 bits per heavy atom. The van der Waals surface area contributed by atoms with Crippen molar-refractivity contribution in [1.82, 2.24) is 13.3 Å². The van der Waals surface area contributed by atoms with E-state index in [0.717, 1.165) is 5.70 Å². The Labute approximate surface area is 233 Å². The molecule has 0 aromatic heterocycles. The van der Waals surface area contributed by atoms with Crippen molar-refractivity contribution in [2.45, 2.75) is 49.9 Å². The maximum atomic E-state index is 13.2. The Morgan fingerprint density at radius 2 is 2.17 bits per heavy atom. The quantitative estimate of drug-likeness (QED) is 0.0950. The number of hydrogen-bond donors (Lipinski definition) is 2. The van der Waals surface area contributed by atoms with Gasteiger partial charge in [-0.3, -0.25) is 0 Å². The van der Waals surface area contributed by atoms with Gasteiger partial charge in [0, 0.05) is 0 Å². The van der Waals surface area contributed by atoms with Crippen LogP contribution in [0.15, 0.2) is 46.4 Å². The number of halogens is 2. The second-order valence-electron chi connectivity index (χ2n) is 9.28. The second-order valence-corrected chi connectivity index (χ2v) is 15.8. The van der Waals surface area contributed by atoms with Crippen LogP contribution in [0.3, 0.4) is 0 Å². The SMILES string of the molecule is C=CCC(=C)N1C=C([I-]NC(=O)CCSC(=N)N2CCCS(=O)(=O)CC2)C(=O)C2=CCC(C)(Cl)CC21. The van der Waals surface area contributed by atoms with Crippen LogP contribution in [0.1, 0.15) is 39.0 Å². The van der Waals surface area contributed by atoms with E-state index < -0.39 is 36.2 Å². The molecule has 0 bridgehead atoms. The van der Waals surface area contributed by atoms with Crippen LogP contribution in [0.2, 0.25) is 0 Å². The predicted molar refractivity (Wildman–Crippen MR) is 142 cm³/mol. The predicted octanol–water partition coefficient (Wildman–Crippen LogP) is 0.187. The molecule has 1 amide bonds. The number of allylic oxidation sites excluding steroid dienone is 3. The van der Waals surface area contributed by atoms with E-state index in [1.165, 1.54) is 11.8 Å². The third-order valence-electron chi connectivity index (χ3n) is 6.20. The summed E-state index contributed by atoms with van der Waals surface area (Å²) < 4.78 is 27.1. The van der Waals surface area contributed by atoms with E-state index in [4.69, 9.17) is 17.0 Å². The fourth-order valence-electron chi connectivity index (χ4n) is 4.23. The van der Waals surface area contributed by atoms with Crippen molar-refractivity contribution in [3.05, 3.63) is 46.4 Å². The molecule has 2 unspecified atom stereocenters. The number of amidine groups is 1. The molecule has 2 N–H and O–H groups in total. The molecule has 0 aromatic carbocycles. The van der Waals surface area contributed by atoms with E-state index in [2.05, 4.69) is 16.7 Å². The summed E-state index contributed by atoms with van der Waals surface area (Å²) in [6.07, 6.45) is 8.06. The first-order valence-corrected chi connectivity index (χ1v) is 17.1. The van der Waals surface area contributed by atoms with Gasteiger partial charge in [-0.1, -0.05) is 0 Å². The van der Waals surface area contributed by atoms with Crippen LogP contribution in [0, 0.1) is 5.41 Å². The number of Topliss-reactive ketones (excluding diaryl/α,β-unsaturated/α-hetero) is 1. The van der Waals surface area contributed by atoms with E-state index in [-0.39, 0.29) is 40.8 Å². The summed E-state index contributed by atoms with van der Waals surface area (Å²) >= 11 is 6.79. The summed E-state index contributed by atoms with van der Waals surface area (Å²) in [4.78, 5) is 29.0. The first kappa shape index (κ1) is 29.2. The number of fused-ring (bicyclic) bond motifs is 1. The van der Waals surface area contributed by atoms with Gasteiger partial charge in [-0.15, -0.1) is 0 Å². The average Bonchev–Trinajstić information content (AvgIpc) is 2.98. The van der Waals surface area contributed by atoms with Crippen LogP contribution < -0.4 is 25.0 Å². The van der Waals surface area contributed by atoms with Gasteiger partial charge < -0.3 is 0 Å². The van der Waals surface area contributed by atoms with Crippen molar-refractivity contribution in [2.24, 2.45) is 0 Å². The Bertz CT molecular complexity index is 1100. The molecule has 8 nitrogen and oxygen atoms in total. The molecule has 1 saturated heterocycles. The van der Waals surface area contributed by atoms with Gasteiger partial charge in [0.2, 0.25) is 0 Å². The van der Waals surface area contributed by atoms with Crippen LogP contribution in [0.5, 0.6) is 0 Å². The molecule has 200 valence electrons. The van der Waals surface area contributed by atoms with Crippen LogP contribution in [-0.4, -0.2) is 76.3 Å². The third-order valence-corrected chi connectivity index (χ3v) is 11.4. The van der Waals surface area contributed by atoms with Crippen LogP contribution >= 0.6 is 23.4 Å². The fourth-order valence-corrected chi connectivity index (χ4v) is 8.43. The van der Waals surface area contributed by atoms with Gasteiger partial charge in [0.15, 0.2) is 0 Å². The molecule has 2 aliphatic heterocycles. The minimum absolute atomic E-state index is 0.0322. The molecule has 2 heterocycles.